The van der Waals surface area contributed by atoms with E-state index in [4.69, 9.17) is 17.3 Å². The minimum absolute atomic E-state index is 0.380. The minimum Gasteiger partial charge on any atom is -0.397 e. The van der Waals surface area contributed by atoms with Crippen LogP contribution in [0.4, 0.5) is 5.69 Å². The zero-order valence-corrected chi connectivity index (χ0v) is 13.4. The highest BCUT2D eigenvalue weighted by atomic mass is 35.5. The Balaban J connectivity index is 2.04. The fraction of sp³-hybridized carbons (Fsp3) is 0. The van der Waals surface area contributed by atoms with Crippen molar-refractivity contribution in [3.8, 4) is 22.4 Å². The van der Waals surface area contributed by atoms with E-state index in [1.807, 2.05) is 54.6 Å². The molecule has 0 bridgehead atoms. The van der Waals surface area contributed by atoms with Gasteiger partial charge in [-0.05, 0) is 17.2 Å². The third-order valence-corrected chi connectivity index (χ3v) is 4.15. The van der Waals surface area contributed by atoms with Crippen molar-refractivity contribution in [2.45, 2.75) is 0 Å². The molecule has 0 spiro atoms. The number of hydrogen-bond acceptors (Lipinski definition) is 4. The van der Waals surface area contributed by atoms with Crippen molar-refractivity contribution in [1.29, 1.82) is 0 Å². The molecule has 0 unspecified atom stereocenters. The lowest BCUT2D eigenvalue weighted by molar-refractivity contribution is 1.05. The van der Waals surface area contributed by atoms with Crippen LogP contribution < -0.4 is 5.73 Å². The summed E-state index contributed by atoms with van der Waals surface area (Å²) in [4.78, 5) is 4.14. The van der Waals surface area contributed by atoms with Crippen molar-refractivity contribution in [3.05, 3.63) is 72.1 Å². The summed E-state index contributed by atoms with van der Waals surface area (Å²) in [7, 11) is 0. The first-order chi connectivity index (χ1) is 11.7. The predicted molar refractivity (Wildman–Crippen MR) is 97.6 cm³/mol. The molecule has 0 saturated heterocycles. The molecule has 2 N–H and O–H groups in total. The number of nitrogen functional groups attached to an aromatic ring is 1. The summed E-state index contributed by atoms with van der Waals surface area (Å²) >= 11 is 6.39. The molecular formula is C19H13ClN4. The first-order valence-electron chi connectivity index (χ1n) is 7.45. The number of benzene rings is 2. The second-order valence-corrected chi connectivity index (χ2v) is 5.80. The highest BCUT2D eigenvalue weighted by Crippen LogP contribution is 2.36. The number of anilines is 1. The lowest BCUT2D eigenvalue weighted by Crippen LogP contribution is -1.95. The van der Waals surface area contributed by atoms with Gasteiger partial charge in [0.05, 0.1) is 5.69 Å². The summed E-state index contributed by atoms with van der Waals surface area (Å²) in [6, 6.07) is 17.9. The highest BCUT2D eigenvalue weighted by molar-refractivity contribution is 6.35. The van der Waals surface area contributed by atoms with Crippen LogP contribution in [0.5, 0.6) is 0 Å². The molecular weight excluding hydrogens is 320 g/mol. The fourth-order valence-corrected chi connectivity index (χ4v) is 3.07. The maximum atomic E-state index is 6.39. The van der Waals surface area contributed by atoms with Crippen molar-refractivity contribution in [1.82, 2.24) is 15.2 Å². The molecule has 2 aromatic carbocycles. The topological polar surface area (TPSA) is 64.7 Å². The van der Waals surface area contributed by atoms with Gasteiger partial charge in [0.15, 0.2) is 5.15 Å². The standard InChI is InChI=1S/C19H13ClN4/c20-19-17-15(12-5-2-1-3-6-12)7-4-8-16(17)18(23-24-19)13-9-14(21)11-22-10-13/h1-11H,21H2. The summed E-state index contributed by atoms with van der Waals surface area (Å²) < 4.78 is 0. The normalized spacial score (nSPS) is 10.9. The van der Waals surface area contributed by atoms with Crippen LogP contribution in [0.25, 0.3) is 33.2 Å². The average Bonchev–Trinajstić information content (AvgIpc) is 2.62. The number of fused-ring (bicyclic) bond motifs is 1. The van der Waals surface area contributed by atoms with Crippen LogP contribution in [0.1, 0.15) is 0 Å². The summed E-state index contributed by atoms with van der Waals surface area (Å²) in [5.74, 6) is 0. The monoisotopic (exact) mass is 332 g/mol. The number of rotatable bonds is 2. The Bertz CT molecular complexity index is 1030. The molecule has 0 aliphatic rings. The van der Waals surface area contributed by atoms with Gasteiger partial charge in [-0.2, -0.15) is 0 Å². The van der Waals surface area contributed by atoms with Crippen molar-refractivity contribution < 1.29 is 0 Å². The zero-order chi connectivity index (χ0) is 16.5. The van der Waals surface area contributed by atoms with E-state index in [1.165, 1.54) is 0 Å². The third-order valence-electron chi connectivity index (χ3n) is 3.88. The Hall–Kier alpha value is -2.98. The van der Waals surface area contributed by atoms with Gasteiger partial charge in [-0.25, -0.2) is 0 Å². The molecule has 0 radical (unpaired) electrons. The van der Waals surface area contributed by atoms with E-state index in [0.717, 1.165) is 27.5 Å². The molecule has 0 aliphatic heterocycles. The third kappa shape index (κ3) is 2.47. The van der Waals surface area contributed by atoms with E-state index in [2.05, 4.69) is 15.2 Å². The molecule has 5 heteroatoms. The van der Waals surface area contributed by atoms with Crippen LogP contribution in [0.2, 0.25) is 5.15 Å². The smallest absolute Gasteiger partial charge is 0.160 e. The number of pyridine rings is 1. The van der Waals surface area contributed by atoms with Gasteiger partial charge in [0.1, 0.15) is 5.69 Å². The Morgan fingerprint density at radius 3 is 2.46 bits per heavy atom. The van der Waals surface area contributed by atoms with Gasteiger partial charge in [0.2, 0.25) is 0 Å². The molecule has 2 heterocycles. The quantitative estimate of drug-likeness (QED) is 0.583. The van der Waals surface area contributed by atoms with Crippen molar-refractivity contribution in [2.24, 2.45) is 0 Å². The van der Waals surface area contributed by atoms with Gasteiger partial charge in [-0.3, -0.25) is 4.98 Å². The first-order valence-corrected chi connectivity index (χ1v) is 7.83. The largest absolute Gasteiger partial charge is 0.397 e. The summed E-state index contributed by atoms with van der Waals surface area (Å²) in [6.45, 7) is 0. The Kier molecular flexibility index (Phi) is 3.59. The Morgan fingerprint density at radius 1 is 0.833 bits per heavy atom. The van der Waals surface area contributed by atoms with E-state index < -0.39 is 0 Å². The van der Waals surface area contributed by atoms with Crippen molar-refractivity contribution in [2.75, 3.05) is 5.73 Å². The van der Waals surface area contributed by atoms with Crippen molar-refractivity contribution >= 4 is 28.1 Å². The van der Waals surface area contributed by atoms with E-state index in [1.54, 1.807) is 12.4 Å². The summed E-state index contributed by atoms with van der Waals surface area (Å²) in [5.41, 5.74) is 10.1. The van der Waals surface area contributed by atoms with E-state index >= 15 is 0 Å². The van der Waals surface area contributed by atoms with Gasteiger partial charge in [0, 0.05) is 28.7 Å². The number of hydrogen-bond donors (Lipinski definition) is 1. The van der Waals surface area contributed by atoms with Crippen LogP contribution in [0.15, 0.2) is 67.0 Å². The minimum atomic E-state index is 0.380. The molecule has 4 rings (SSSR count). The summed E-state index contributed by atoms with van der Waals surface area (Å²) in [5, 5.41) is 10.6. The van der Waals surface area contributed by atoms with Gasteiger partial charge in [-0.1, -0.05) is 60.1 Å². The molecule has 4 nitrogen and oxygen atoms in total. The predicted octanol–water partition coefficient (Wildman–Crippen LogP) is 4.59. The molecule has 0 atom stereocenters. The number of aromatic nitrogens is 3. The number of halogens is 1. The lowest BCUT2D eigenvalue weighted by Gasteiger charge is -2.11. The Labute approximate surface area is 143 Å². The molecule has 0 saturated carbocycles. The molecule has 4 aromatic rings. The van der Waals surface area contributed by atoms with Gasteiger partial charge in [0.25, 0.3) is 0 Å². The molecule has 0 amide bonds. The zero-order valence-electron chi connectivity index (χ0n) is 12.6. The molecule has 116 valence electrons. The maximum absolute atomic E-state index is 6.39. The van der Waals surface area contributed by atoms with Crippen LogP contribution in [-0.4, -0.2) is 15.2 Å². The van der Waals surface area contributed by atoms with Crippen LogP contribution >= 0.6 is 11.6 Å². The average molecular weight is 333 g/mol. The molecule has 0 aliphatic carbocycles. The van der Waals surface area contributed by atoms with Gasteiger partial charge in [-0.15, -0.1) is 10.2 Å². The second-order valence-electron chi connectivity index (χ2n) is 5.44. The SMILES string of the molecule is Nc1cncc(-c2nnc(Cl)c3c(-c4ccccc4)cccc23)c1. The van der Waals surface area contributed by atoms with E-state index in [0.29, 0.717) is 16.5 Å². The first kappa shape index (κ1) is 14.6. The fourth-order valence-electron chi connectivity index (χ4n) is 2.83. The number of nitrogens with zero attached hydrogens (tertiary/aromatic N) is 3. The lowest BCUT2D eigenvalue weighted by atomic mass is 9.97. The van der Waals surface area contributed by atoms with Gasteiger partial charge < -0.3 is 5.73 Å². The highest BCUT2D eigenvalue weighted by Gasteiger charge is 2.14. The van der Waals surface area contributed by atoms with E-state index in [9.17, 15) is 0 Å². The molecule has 0 fully saturated rings. The molecule has 24 heavy (non-hydrogen) atoms. The van der Waals surface area contributed by atoms with Crippen LogP contribution in [0, 0.1) is 0 Å². The number of nitrogens with two attached hydrogens (primary N) is 1. The second kappa shape index (κ2) is 5.91. The van der Waals surface area contributed by atoms with Crippen LogP contribution in [0.3, 0.4) is 0 Å². The van der Waals surface area contributed by atoms with Crippen LogP contribution in [-0.2, 0) is 0 Å². The Morgan fingerprint density at radius 2 is 1.67 bits per heavy atom. The van der Waals surface area contributed by atoms with Gasteiger partial charge >= 0.3 is 0 Å². The maximum Gasteiger partial charge on any atom is 0.160 e. The molecule has 2 aromatic heterocycles. The summed E-state index contributed by atoms with van der Waals surface area (Å²) in [6.07, 6.45) is 3.33. The van der Waals surface area contributed by atoms with E-state index in [-0.39, 0.29) is 0 Å². The van der Waals surface area contributed by atoms with Crippen molar-refractivity contribution in [3.63, 3.8) is 0 Å².